The van der Waals surface area contributed by atoms with Crippen molar-refractivity contribution in [3.8, 4) is 0 Å². The molecule has 5 heteroatoms. The van der Waals surface area contributed by atoms with E-state index in [1.807, 2.05) is 0 Å². The number of hydrogen-bond acceptors (Lipinski definition) is 3. The smallest absolute Gasteiger partial charge is 0.414 e. The van der Waals surface area contributed by atoms with E-state index in [9.17, 15) is 9.18 Å². The maximum Gasteiger partial charge on any atom is 0.414 e. The summed E-state index contributed by atoms with van der Waals surface area (Å²) in [6.07, 6.45) is 0.304. The van der Waals surface area contributed by atoms with Crippen molar-refractivity contribution in [2.24, 2.45) is 5.73 Å². The third-order valence-electron chi connectivity index (χ3n) is 2.56. The molecule has 0 unspecified atom stereocenters. The lowest BCUT2D eigenvalue weighted by molar-refractivity contribution is 0.140. The lowest BCUT2D eigenvalue weighted by Gasteiger charge is -2.28. The van der Waals surface area contributed by atoms with Gasteiger partial charge < -0.3 is 10.5 Å². The number of anilines is 1. The summed E-state index contributed by atoms with van der Waals surface area (Å²) in [6, 6.07) is 4.57. The second-order valence-corrected chi connectivity index (χ2v) is 3.56. The van der Waals surface area contributed by atoms with Crippen LogP contribution in [-0.2, 0) is 11.3 Å². The Hall–Kier alpha value is -1.62. The van der Waals surface area contributed by atoms with Gasteiger partial charge in [-0.15, -0.1) is 0 Å². The molecule has 0 aromatic heterocycles. The van der Waals surface area contributed by atoms with Crippen LogP contribution in [0.5, 0.6) is 0 Å². The average molecular weight is 224 g/mol. The van der Waals surface area contributed by atoms with Crippen LogP contribution in [0.3, 0.4) is 0 Å². The van der Waals surface area contributed by atoms with Gasteiger partial charge in [0, 0.05) is 18.7 Å². The molecule has 1 heterocycles. The van der Waals surface area contributed by atoms with E-state index in [-0.39, 0.29) is 6.54 Å². The van der Waals surface area contributed by atoms with Crippen LogP contribution in [0.15, 0.2) is 18.2 Å². The highest BCUT2D eigenvalue weighted by Crippen LogP contribution is 2.25. The normalized spacial score (nSPS) is 16.1. The van der Waals surface area contributed by atoms with E-state index in [1.165, 1.54) is 11.0 Å². The molecule has 4 nitrogen and oxygen atoms in total. The quantitative estimate of drug-likeness (QED) is 0.830. The molecule has 1 fully saturated rings. The lowest BCUT2D eigenvalue weighted by atomic mass is 10.1. The molecule has 1 aromatic rings. The molecule has 0 aliphatic carbocycles. The molecule has 16 heavy (non-hydrogen) atoms. The molecule has 86 valence electrons. The number of hydrogen-bond donors (Lipinski definition) is 1. The number of ether oxygens (including phenoxy) is 1. The Morgan fingerprint density at radius 3 is 3.00 bits per heavy atom. The van der Waals surface area contributed by atoms with Crippen molar-refractivity contribution in [1.29, 1.82) is 0 Å². The van der Waals surface area contributed by atoms with E-state index in [4.69, 9.17) is 10.5 Å². The minimum absolute atomic E-state index is 0.0613. The van der Waals surface area contributed by atoms with Crippen LogP contribution in [0, 0.1) is 5.82 Å². The molecule has 2 N–H and O–H groups in total. The molecule has 1 aliphatic rings. The van der Waals surface area contributed by atoms with Crippen molar-refractivity contribution < 1.29 is 13.9 Å². The minimum atomic E-state index is -0.438. The Morgan fingerprint density at radius 1 is 1.50 bits per heavy atom. The van der Waals surface area contributed by atoms with Gasteiger partial charge in [-0.2, -0.15) is 0 Å². The molecule has 0 saturated carbocycles. The molecular weight excluding hydrogens is 211 g/mol. The van der Waals surface area contributed by atoms with Gasteiger partial charge >= 0.3 is 6.09 Å². The van der Waals surface area contributed by atoms with Crippen molar-refractivity contribution in [3.05, 3.63) is 29.6 Å². The molecule has 0 radical (unpaired) electrons. The van der Waals surface area contributed by atoms with Crippen molar-refractivity contribution in [3.63, 3.8) is 0 Å². The van der Waals surface area contributed by atoms with Gasteiger partial charge in [-0.25, -0.2) is 9.18 Å². The first-order valence-corrected chi connectivity index (χ1v) is 5.16. The van der Waals surface area contributed by atoms with Crippen molar-refractivity contribution in [1.82, 2.24) is 0 Å². The zero-order valence-electron chi connectivity index (χ0n) is 8.78. The number of halogens is 1. The summed E-state index contributed by atoms with van der Waals surface area (Å²) >= 11 is 0. The Bertz CT molecular complexity index is 409. The van der Waals surface area contributed by atoms with Gasteiger partial charge in [-0.05, 0) is 18.6 Å². The predicted molar refractivity (Wildman–Crippen MR) is 57.6 cm³/mol. The van der Waals surface area contributed by atoms with Gasteiger partial charge in [0.25, 0.3) is 0 Å². The molecular formula is C11H13FN2O2. The fraction of sp³-hybridized carbons (Fsp3) is 0.364. The van der Waals surface area contributed by atoms with Crippen molar-refractivity contribution in [2.75, 3.05) is 18.1 Å². The summed E-state index contributed by atoms with van der Waals surface area (Å²) in [5.41, 5.74) is 6.34. The highest BCUT2D eigenvalue weighted by atomic mass is 19.1. The molecule has 1 amide bonds. The zero-order chi connectivity index (χ0) is 11.5. The number of nitrogens with zero attached hydrogens (tertiary/aromatic N) is 1. The molecule has 2 rings (SSSR count). The van der Waals surface area contributed by atoms with Gasteiger partial charge in [-0.3, -0.25) is 4.90 Å². The Kier molecular flexibility index (Phi) is 3.05. The van der Waals surface area contributed by atoms with Gasteiger partial charge in [0.1, 0.15) is 5.82 Å². The summed E-state index contributed by atoms with van der Waals surface area (Å²) in [7, 11) is 0. The molecule has 1 aromatic carbocycles. The summed E-state index contributed by atoms with van der Waals surface area (Å²) < 4.78 is 18.4. The number of carbonyl (C=O) groups excluding carboxylic acids is 1. The van der Waals surface area contributed by atoms with Crippen LogP contribution in [0.4, 0.5) is 14.9 Å². The topological polar surface area (TPSA) is 55.6 Å². The predicted octanol–water partition coefficient (Wildman–Crippen LogP) is 1.63. The Balaban J connectivity index is 2.38. The number of benzene rings is 1. The Morgan fingerprint density at radius 2 is 2.31 bits per heavy atom. The van der Waals surface area contributed by atoms with E-state index in [1.54, 1.807) is 12.1 Å². The van der Waals surface area contributed by atoms with E-state index in [0.717, 1.165) is 6.42 Å². The molecule has 0 bridgehead atoms. The fourth-order valence-corrected chi connectivity index (χ4v) is 1.77. The Labute approximate surface area is 92.8 Å². The number of carbonyl (C=O) groups is 1. The third kappa shape index (κ3) is 1.86. The second kappa shape index (κ2) is 4.49. The maximum absolute atomic E-state index is 13.5. The summed E-state index contributed by atoms with van der Waals surface area (Å²) in [5, 5.41) is 0. The zero-order valence-corrected chi connectivity index (χ0v) is 8.78. The van der Waals surface area contributed by atoms with Crippen LogP contribution in [0.2, 0.25) is 0 Å². The highest BCUT2D eigenvalue weighted by Gasteiger charge is 2.24. The first-order valence-electron chi connectivity index (χ1n) is 5.16. The minimum Gasteiger partial charge on any atom is -0.449 e. The van der Waals surface area contributed by atoms with Crippen LogP contribution in [-0.4, -0.2) is 19.2 Å². The van der Waals surface area contributed by atoms with Crippen LogP contribution in [0.1, 0.15) is 12.0 Å². The molecule has 0 atom stereocenters. The number of amides is 1. The average Bonchev–Trinajstić information content (AvgIpc) is 2.29. The maximum atomic E-state index is 13.5. The summed E-state index contributed by atoms with van der Waals surface area (Å²) in [4.78, 5) is 12.9. The van der Waals surface area contributed by atoms with E-state index >= 15 is 0 Å². The monoisotopic (exact) mass is 224 g/mol. The van der Waals surface area contributed by atoms with Gasteiger partial charge in [0.15, 0.2) is 0 Å². The SMILES string of the molecule is NCc1c(F)cccc1N1CCCOC1=O. The number of rotatable bonds is 2. The molecule has 1 aliphatic heterocycles. The largest absolute Gasteiger partial charge is 0.449 e. The summed E-state index contributed by atoms with van der Waals surface area (Å²) in [6.45, 7) is 1.02. The van der Waals surface area contributed by atoms with E-state index in [2.05, 4.69) is 0 Å². The van der Waals surface area contributed by atoms with Gasteiger partial charge in [0.05, 0.1) is 12.3 Å². The lowest BCUT2D eigenvalue weighted by Crippen LogP contribution is -2.38. The van der Waals surface area contributed by atoms with E-state index in [0.29, 0.717) is 24.4 Å². The number of cyclic esters (lactones) is 1. The van der Waals surface area contributed by atoms with Crippen LogP contribution in [0.25, 0.3) is 0 Å². The molecule has 1 saturated heterocycles. The van der Waals surface area contributed by atoms with E-state index < -0.39 is 11.9 Å². The first kappa shape index (κ1) is 10.9. The molecule has 0 spiro atoms. The van der Waals surface area contributed by atoms with Crippen LogP contribution < -0.4 is 10.6 Å². The van der Waals surface area contributed by atoms with Crippen molar-refractivity contribution in [2.45, 2.75) is 13.0 Å². The fourth-order valence-electron chi connectivity index (χ4n) is 1.77. The standard InChI is InChI=1S/C11H13FN2O2/c12-9-3-1-4-10(8(9)7-13)14-5-2-6-16-11(14)15/h1,3-4H,2,5-7,13H2. The number of nitrogens with two attached hydrogens (primary N) is 1. The van der Waals surface area contributed by atoms with Gasteiger partial charge in [0.2, 0.25) is 0 Å². The van der Waals surface area contributed by atoms with Crippen molar-refractivity contribution >= 4 is 11.8 Å². The first-order chi connectivity index (χ1) is 7.74. The summed E-state index contributed by atoms with van der Waals surface area (Å²) in [5.74, 6) is -0.390. The third-order valence-corrected chi connectivity index (χ3v) is 2.56. The van der Waals surface area contributed by atoms with Crippen LogP contribution >= 0.6 is 0 Å². The highest BCUT2D eigenvalue weighted by molar-refractivity contribution is 5.89. The van der Waals surface area contributed by atoms with Gasteiger partial charge in [-0.1, -0.05) is 6.07 Å². The second-order valence-electron chi connectivity index (χ2n) is 3.56.